The van der Waals surface area contributed by atoms with Gasteiger partial charge in [-0.2, -0.15) is 8.42 Å². The minimum atomic E-state index is -3.73. The molecule has 0 saturated heterocycles. The van der Waals surface area contributed by atoms with Crippen molar-refractivity contribution in [3.8, 4) is 0 Å². The average Bonchev–Trinajstić information content (AvgIpc) is 2.53. The summed E-state index contributed by atoms with van der Waals surface area (Å²) in [5.74, 6) is -0.356. The van der Waals surface area contributed by atoms with Crippen molar-refractivity contribution >= 4 is 15.9 Å². The van der Waals surface area contributed by atoms with Gasteiger partial charge in [0.2, 0.25) is 0 Å². The Morgan fingerprint density at radius 1 is 1.41 bits per heavy atom. The van der Waals surface area contributed by atoms with Crippen LogP contribution in [0.5, 0.6) is 0 Å². The number of hydrogen-bond donors (Lipinski definition) is 0. The third kappa shape index (κ3) is 1.93. The van der Waals surface area contributed by atoms with E-state index in [1.165, 1.54) is 18.2 Å². The monoisotopic (exact) mass is 256 g/mol. The van der Waals surface area contributed by atoms with E-state index < -0.39 is 15.8 Å². The van der Waals surface area contributed by atoms with Crippen molar-refractivity contribution in [3.05, 3.63) is 29.6 Å². The van der Waals surface area contributed by atoms with Crippen LogP contribution in [0.1, 0.15) is 18.9 Å². The standard InChI is InChI=1S/C11H13FN2O2S/c1-3-7-14(2)11-10-8(12)5-4-6-9(10)17(15,16)13-11/h4-6H,3,7H2,1-2H3. The number of rotatable bonds is 2. The van der Waals surface area contributed by atoms with E-state index in [9.17, 15) is 12.8 Å². The predicted octanol–water partition coefficient (Wildman–Crippen LogP) is 1.62. The molecule has 0 aliphatic carbocycles. The molecule has 0 unspecified atom stereocenters. The third-order valence-corrected chi connectivity index (χ3v) is 3.91. The molecule has 0 fully saturated rings. The van der Waals surface area contributed by atoms with Gasteiger partial charge in [-0.3, -0.25) is 0 Å². The van der Waals surface area contributed by atoms with Gasteiger partial charge in [0.1, 0.15) is 10.7 Å². The first kappa shape index (κ1) is 12.0. The molecule has 1 aliphatic heterocycles. The molecule has 0 aromatic heterocycles. The van der Waals surface area contributed by atoms with Crippen LogP contribution in [0.2, 0.25) is 0 Å². The quantitative estimate of drug-likeness (QED) is 0.808. The number of fused-ring (bicyclic) bond motifs is 1. The smallest absolute Gasteiger partial charge is 0.285 e. The molecule has 4 nitrogen and oxygen atoms in total. The second kappa shape index (κ2) is 4.10. The highest BCUT2D eigenvalue weighted by atomic mass is 32.2. The van der Waals surface area contributed by atoms with E-state index >= 15 is 0 Å². The summed E-state index contributed by atoms with van der Waals surface area (Å²) in [6, 6.07) is 4.00. The van der Waals surface area contributed by atoms with Gasteiger partial charge in [-0.15, -0.1) is 4.40 Å². The van der Waals surface area contributed by atoms with E-state index in [-0.39, 0.29) is 16.3 Å². The lowest BCUT2D eigenvalue weighted by Gasteiger charge is -2.17. The molecule has 0 radical (unpaired) electrons. The zero-order valence-electron chi connectivity index (χ0n) is 9.64. The van der Waals surface area contributed by atoms with Crippen LogP contribution in [0.3, 0.4) is 0 Å². The first-order valence-electron chi connectivity index (χ1n) is 5.32. The maximum absolute atomic E-state index is 13.7. The van der Waals surface area contributed by atoms with Crippen LogP contribution in [-0.2, 0) is 10.0 Å². The number of benzene rings is 1. The van der Waals surface area contributed by atoms with Gasteiger partial charge in [-0.05, 0) is 18.6 Å². The molecular formula is C11H13FN2O2S. The lowest BCUT2D eigenvalue weighted by molar-refractivity contribution is 0.499. The van der Waals surface area contributed by atoms with Crippen LogP contribution < -0.4 is 0 Å². The summed E-state index contributed by atoms with van der Waals surface area (Å²) in [5.41, 5.74) is 0.0865. The Hall–Kier alpha value is -1.43. The minimum Gasteiger partial charge on any atom is -0.358 e. The fourth-order valence-electron chi connectivity index (χ4n) is 1.85. The van der Waals surface area contributed by atoms with Crippen molar-refractivity contribution in [2.24, 2.45) is 4.40 Å². The zero-order valence-corrected chi connectivity index (χ0v) is 10.5. The SMILES string of the molecule is CCCN(C)C1=NS(=O)(=O)c2cccc(F)c21. The van der Waals surface area contributed by atoms with Crippen molar-refractivity contribution in [3.63, 3.8) is 0 Å². The fourth-order valence-corrected chi connectivity index (χ4v) is 3.10. The summed E-state index contributed by atoms with van der Waals surface area (Å²) < 4.78 is 40.8. The molecule has 6 heteroatoms. The zero-order chi connectivity index (χ0) is 12.6. The highest BCUT2D eigenvalue weighted by Gasteiger charge is 2.33. The van der Waals surface area contributed by atoms with Crippen LogP contribution >= 0.6 is 0 Å². The molecule has 1 aromatic carbocycles. The van der Waals surface area contributed by atoms with E-state index in [2.05, 4.69) is 4.40 Å². The first-order valence-corrected chi connectivity index (χ1v) is 6.76. The summed E-state index contributed by atoms with van der Waals surface area (Å²) in [6.45, 7) is 2.59. The summed E-state index contributed by atoms with van der Waals surface area (Å²) in [6.07, 6.45) is 0.833. The number of nitrogens with zero attached hydrogens (tertiary/aromatic N) is 2. The highest BCUT2D eigenvalue weighted by molar-refractivity contribution is 7.90. The lowest BCUT2D eigenvalue weighted by Crippen LogP contribution is -2.27. The second-order valence-electron chi connectivity index (χ2n) is 3.92. The van der Waals surface area contributed by atoms with Crippen LogP contribution in [0.25, 0.3) is 0 Å². The Kier molecular flexibility index (Phi) is 2.91. The Morgan fingerprint density at radius 3 is 2.76 bits per heavy atom. The van der Waals surface area contributed by atoms with Crippen LogP contribution in [-0.4, -0.2) is 32.7 Å². The van der Waals surface area contributed by atoms with Crippen molar-refractivity contribution < 1.29 is 12.8 Å². The van der Waals surface area contributed by atoms with Gasteiger partial charge in [0.15, 0.2) is 5.84 Å². The second-order valence-corrected chi connectivity index (χ2v) is 5.50. The number of halogens is 1. The van der Waals surface area contributed by atoms with E-state index in [0.717, 1.165) is 6.42 Å². The van der Waals surface area contributed by atoms with Gasteiger partial charge in [0.05, 0.1) is 5.56 Å². The van der Waals surface area contributed by atoms with Crippen molar-refractivity contribution in [1.29, 1.82) is 0 Å². The number of sulfonamides is 1. The van der Waals surface area contributed by atoms with Crippen molar-refractivity contribution in [1.82, 2.24) is 4.90 Å². The van der Waals surface area contributed by atoms with Gasteiger partial charge >= 0.3 is 0 Å². The van der Waals surface area contributed by atoms with Crippen molar-refractivity contribution in [2.45, 2.75) is 18.2 Å². The molecule has 0 spiro atoms. The Balaban J connectivity index is 2.60. The van der Waals surface area contributed by atoms with Gasteiger partial charge in [0.25, 0.3) is 10.0 Å². The van der Waals surface area contributed by atoms with Gasteiger partial charge in [-0.1, -0.05) is 13.0 Å². The van der Waals surface area contributed by atoms with Crippen molar-refractivity contribution in [2.75, 3.05) is 13.6 Å². The molecule has 2 rings (SSSR count). The Morgan fingerprint density at radius 2 is 2.12 bits per heavy atom. The van der Waals surface area contributed by atoms with E-state index in [0.29, 0.717) is 6.54 Å². The maximum atomic E-state index is 13.7. The summed E-state index contributed by atoms with van der Waals surface area (Å²) in [4.78, 5) is 1.61. The van der Waals surface area contributed by atoms with E-state index in [4.69, 9.17) is 0 Å². The third-order valence-electron chi connectivity index (χ3n) is 2.60. The van der Waals surface area contributed by atoms with Gasteiger partial charge in [-0.25, -0.2) is 4.39 Å². The summed E-state index contributed by atoms with van der Waals surface area (Å²) in [7, 11) is -2.03. The molecule has 0 N–H and O–H groups in total. The average molecular weight is 256 g/mol. The summed E-state index contributed by atoms with van der Waals surface area (Å²) >= 11 is 0. The fraction of sp³-hybridized carbons (Fsp3) is 0.364. The number of hydrogen-bond acceptors (Lipinski definition) is 3. The summed E-state index contributed by atoms with van der Waals surface area (Å²) in [5, 5.41) is 0. The molecule has 1 heterocycles. The van der Waals surface area contributed by atoms with Gasteiger partial charge in [0, 0.05) is 13.6 Å². The van der Waals surface area contributed by atoms with E-state index in [1.54, 1.807) is 11.9 Å². The molecule has 0 saturated carbocycles. The topological polar surface area (TPSA) is 49.7 Å². The Labute approximate surface area is 99.8 Å². The molecule has 92 valence electrons. The van der Waals surface area contributed by atoms with Crippen LogP contribution in [0, 0.1) is 5.82 Å². The largest absolute Gasteiger partial charge is 0.358 e. The molecule has 1 aliphatic rings. The molecular weight excluding hydrogens is 243 g/mol. The predicted molar refractivity (Wildman–Crippen MR) is 63.0 cm³/mol. The molecule has 0 bridgehead atoms. The molecule has 0 atom stereocenters. The van der Waals surface area contributed by atoms with E-state index in [1.807, 2.05) is 6.92 Å². The Bertz CT molecular complexity index is 581. The van der Waals surface area contributed by atoms with Crippen LogP contribution in [0.4, 0.5) is 4.39 Å². The normalized spacial score (nSPS) is 16.5. The number of amidine groups is 1. The molecule has 0 amide bonds. The first-order chi connectivity index (χ1) is 7.97. The lowest BCUT2D eigenvalue weighted by atomic mass is 10.2. The highest BCUT2D eigenvalue weighted by Crippen LogP contribution is 2.29. The van der Waals surface area contributed by atoms with Gasteiger partial charge < -0.3 is 4.90 Å². The molecule has 17 heavy (non-hydrogen) atoms. The minimum absolute atomic E-state index is 0.0459. The van der Waals surface area contributed by atoms with Crippen LogP contribution in [0.15, 0.2) is 27.5 Å². The maximum Gasteiger partial charge on any atom is 0.285 e. The molecule has 1 aromatic rings.